The van der Waals surface area contributed by atoms with E-state index < -0.39 is 12.1 Å². The van der Waals surface area contributed by atoms with Gasteiger partial charge in [-0.1, -0.05) is 13.8 Å². The standard InChI is InChI=1S/C16H28N2O4S/c1-11(2)4-5-12(3)17-15(19)13-9-23-10-18(13)16(20)14-8-21-6-7-22-14/h11-14H,4-10H2,1-3H3,(H,17,19)/t12-,13-,14+/m0/s1. The van der Waals surface area contributed by atoms with E-state index >= 15 is 0 Å². The maximum absolute atomic E-state index is 12.5. The van der Waals surface area contributed by atoms with Crippen LogP contribution in [0.4, 0.5) is 0 Å². The molecule has 23 heavy (non-hydrogen) atoms. The van der Waals surface area contributed by atoms with Gasteiger partial charge in [0.2, 0.25) is 5.91 Å². The van der Waals surface area contributed by atoms with E-state index in [1.165, 1.54) is 0 Å². The lowest BCUT2D eigenvalue weighted by Gasteiger charge is -2.30. The zero-order chi connectivity index (χ0) is 16.8. The summed E-state index contributed by atoms with van der Waals surface area (Å²) in [6.45, 7) is 7.60. The highest BCUT2D eigenvalue weighted by Crippen LogP contribution is 2.23. The van der Waals surface area contributed by atoms with Gasteiger partial charge in [0.1, 0.15) is 6.04 Å². The van der Waals surface area contributed by atoms with E-state index in [1.807, 2.05) is 6.92 Å². The third-order valence-electron chi connectivity index (χ3n) is 4.13. The molecule has 0 unspecified atom stereocenters. The van der Waals surface area contributed by atoms with Crippen LogP contribution in [0.5, 0.6) is 0 Å². The van der Waals surface area contributed by atoms with E-state index in [4.69, 9.17) is 9.47 Å². The van der Waals surface area contributed by atoms with Gasteiger partial charge in [-0.05, 0) is 25.7 Å². The van der Waals surface area contributed by atoms with Gasteiger partial charge < -0.3 is 19.7 Å². The Kier molecular flexibility index (Phi) is 7.17. The van der Waals surface area contributed by atoms with E-state index in [-0.39, 0.29) is 24.5 Å². The van der Waals surface area contributed by atoms with Crippen LogP contribution in [-0.2, 0) is 19.1 Å². The van der Waals surface area contributed by atoms with Crippen molar-refractivity contribution in [1.29, 1.82) is 0 Å². The van der Waals surface area contributed by atoms with Crippen molar-refractivity contribution in [2.45, 2.75) is 51.8 Å². The minimum Gasteiger partial charge on any atom is -0.376 e. The Hall–Kier alpha value is -0.790. The summed E-state index contributed by atoms with van der Waals surface area (Å²) < 4.78 is 10.8. The zero-order valence-electron chi connectivity index (χ0n) is 14.2. The molecule has 3 atom stereocenters. The lowest BCUT2D eigenvalue weighted by molar-refractivity contribution is -0.160. The largest absolute Gasteiger partial charge is 0.376 e. The SMILES string of the molecule is CC(C)CC[C@H](C)NC(=O)[C@@H]1CSCN1C(=O)[C@H]1COCCO1. The average molecular weight is 344 g/mol. The van der Waals surface area contributed by atoms with E-state index in [0.717, 1.165) is 12.8 Å². The predicted molar refractivity (Wildman–Crippen MR) is 90.2 cm³/mol. The first-order chi connectivity index (χ1) is 11.0. The molecule has 0 aliphatic carbocycles. The smallest absolute Gasteiger partial charge is 0.255 e. The predicted octanol–water partition coefficient (Wildman–Crippen LogP) is 1.24. The summed E-state index contributed by atoms with van der Waals surface area (Å²) in [4.78, 5) is 26.7. The Morgan fingerprint density at radius 2 is 2.04 bits per heavy atom. The third-order valence-corrected chi connectivity index (χ3v) is 5.14. The summed E-state index contributed by atoms with van der Waals surface area (Å²) in [6.07, 6.45) is 1.46. The summed E-state index contributed by atoms with van der Waals surface area (Å²) in [5, 5.41) is 3.05. The van der Waals surface area contributed by atoms with Gasteiger partial charge >= 0.3 is 0 Å². The number of hydrogen-bond acceptors (Lipinski definition) is 5. The van der Waals surface area contributed by atoms with Crippen molar-refractivity contribution in [3.8, 4) is 0 Å². The Morgan fingerprint density at radius 3 is 2.70 bits per heavy atom. The molecule has 0 aromatic heterocycles. The topological polar surface area (TPSA) is 67.9 Å². The Balaban J connectivity index is 1.87. The molecule has 2 aliphatic rings. The summed E-state index contributed by atoms with van der Waals surface area (Å²) in [5.41, 5.74) is 0. The van der Waals surface area contributed by atoms with Gasteiger partial charge in [0, 0.05) is 11.8 Å². The second kappa shape index (κ2) is 8.89. The number of ether oxygens (including phenoxy) is 2. The monoisotopic (exact) mass is 344 g/mol. The van der Waals surface area contributed by atoms with Crippen LogP contribution >= 0.6 is 11.8 Å². The van der Waals surface area contributed by atoms with Crippen molar-refractivity contribution in [3.05, 3.63) is 0 Å². The second-order valence-corrected chi connectivity index (χ2v) is 7.64. The Morgan fingerprint density at radius 1 is 1.26 bits per heavy atom. The molecule has 2 amide bonds. The fraction of sp³-hybridized carbons (Fsp3) is 0.875. The molecule has 2 heterocycles. The quantitative estimate of drug-likeness (QED) is 0.785. The number of carbonyl (C=O) groups is 2. The van der Waals surface area contributed by atoms with Crippen molar-refractivity contribution in [2.75, 3.05) is 31.5 Å². The van der Waals surface area contributed by atoms with Gasteiger partial charge in [-0.2, -0.15) is 0 Å². The molecule has 2 fully saturated rings. The van der Waals surface area contributed by atoms with E-state index in [9.17, 15) is 9.59 Å². The number of thioether (sulfide) groups is 1. The van der Waals surface area contributed by atoms with E-state index in [0.29, 0.717) is 30.8 Å². The number of nitrogens with one attached hydrogen (secondary N) is 1. The minimum atomic E-state index is -0.573. The molecule has 0 saturated carbocycles. The van der Waals surface area contributed by atoms with Gasteiger partial charge in [-0.25, -0.2) is 0 Å². The first-order valence-corrected chi connectivity index (χ1v) is 9.52. The lowest BCUT2D eigenvalue weighted by atomic mass is 10.0. The van der Waals surface area contributed by atoms with Gasteiger partial charge in [-0.3, -0.25) is 9.59 Å². The van der Waals surface area contributed by atoms with Crippen LogP contribution < -0.4 is 5.32 Å². The molecule has 0 radical (unpaired) electrons. The van der Waals surface area contributed by atoms with Crippen molar-refractivity contribution in [1.82, 2.24) is 10.2 Å². The molecule has 0 bridgehead atoms. The summed E-state index contributed by atoms with van der Waals surface area (Å²) >= 11 is 1.60. The van der Waals surface area contributed by atoms with Gasteiger partial charge in [0.15, 0.2) is 6.10 Å². The fourth-order valence-electron chi connectivity index (χ4n) is 2.69. The average Bonchev–Trinajstić information content (AvgIpc) is 3.02. The molecule has 2 rings (SSSR count). The maximum Gasteiger partial charge on any atom is 0.255 e. The highest BCUT2D eigenvalue weighted by Gasteiger charge is 2.39. The number of rotatable bonds is 6. The molecule has 0 aromatic rings. The van der Waals surface area contributed by atoms with Crippen LogP contribution in [-0.4, -0.2) is 66.4 Å². The molecule has 2 aliphatic heterocycles. The summed E-state index contributed by atoms with van der Waals surface area (Å²) in [5.74, 6) is 1.61. The highest BCUT2D eigenvalue weighted by atomic mass is 32.2. The Labute approximate surface area is 142 Å². The van der Waals surface area contributed by atoms with Crippen molar-refractivity contribution in [3.63, 3.8) is 0 Å². The molecule has 0 aromatic carbocycles. The molecule has 2 saturated heterocycles. The van der Waals surface area contributed by atoms with E-state index in [2.05, 4.69) is 19.2 Å². The van der Waals surface area contributed by atoms with Crippen LogP contribution in [0, 0.1) is 5.92 Å². The second-order valence-electron chi connectivity index (χ2n) is 6.64. The normalized spacial score (nSPS) is 26.3. The van der Waals surface area contributed by atoms with Crippen LogP contribution in [0.25, 0.3) is 0 Å². The molecule has 7 heteroatoms. The molecule has 1 N–H and O–H groups in total. The zero-order valence-corrected chi connectivity index (χ0v) is 15.1. The number of hydrogen-bond donors (Lipinski definition) is 1. The highest BCUT2D eigenvalue weighted by molar-refractivity contribution is 7.99. The third kappa shape index (κ3) is 5.36. The van der Waals surface area contributed by atoms with Gasteiger partial charge in [0.05, 0.1) is 25.7 Å². The molecule has 6 nitrogen and oxygen atoms in total. The van der Waals surface area contributed by atoms with Crippen LogP contribution in [0.1, 0.15) is 33.6 Å². The summed E-state index contributed by atoms with van der Waals surface area (Å²) in [7, 11) is 0. The minimum absolute atomic E-state index is 0.0590. The summed E-state index contributed by atoms with van der Waals surface area (Å²) in [6, 6.07) is -0.277. The van der Waals surface area contributed by atoms with Crippen LogP contribution in [0.2, 0.25) is 0 Å². The van der Waals surface area contributed by atoms with E-state index in [1.54, 1.807) is 16.7 Å². The fourth-order valence-corrected chi connectivity index (χ4v) is 3.85. The number of amides is 2. The van der Waals surface area contributed by atoms with Crippen molar-refractivity contribution >= 4 is 23.6 Å². The first kappa shape index (κ1) is 18.5. The van der Waals surface area contributed by atoms with Crippen LogP contribution in [0.3, 0.4) is 0 Å². The Bertz CT molecular complexity index is 413. The number of carbonyl (C=O) groups excluding carboxylic acids is 2. The number of nitrogens with zero attached hydrogens (tertiary/aromatic N) is 1. The van der Waals surface area contributed by atoms with Crippen molar-refractivity contribution in [2.24, 2.45) is 5.92 Å². The molecule has 132 valence electrons. The molecule has 0 spiro atoms. The maximum atomic E-state index is 12.5. The lowest BCUT2D eigenvalue weighted by Crippen LogP contribution is -2.53. The molecular formula is C16H28N2O4S. The van der Waals surface area contributed by atoms with Crippen molar-refractivity contribution < 1.29 is 19.1 Å². The van der Waals surface area contributed by atoms with Gasteiger partial charge in [0.25, 0.3) is 5.91 Å². The first-order valence-electron chi connectivity index (χ1n) is 8.37. The van der Waals surface area contributed by atoms with Crippen LogP contribution in [0.15, 0.2) is 0 Å². The van der Waals surface area contributed by atoms with Gasteiger partial charge in [-0.15, -0.1) is 11.8 Å². The molecular weight excluding hydrogens is 316 g/mol.